The maximum absolute atomic E-state index is 6.07. The first kappa shape index (κ1) is 19.1. The van der Waals surface area contributed by atoms with E-state index in [0.29, 0.717) is 11.5 Å². The van der Waals surface area contributed by atoms with Gasteiger partial charge in [-0.2, -0.15) is 10.3 Å². The Morgan fingerprint density at radius 1 is 1.00 bits per heavy atom. The van der Waals surface area contributed by atoms with Crippen molar-refractivity contribution in [2.75, 3.05) is 12.3 Å². The number of anilines is 1. The number of nitrogen functional groups attached to an aromatic ring is 1. The summed E-state index contributed by atoms with van der Waals surface area (Å²) >= 11 is 0. The van der Waals surface area contributed by atoms with Gasteiger partial charge in [0, 0.05) is 11.5 Å². The summed E-state index contributed by atoms with van der Waals surface area (Å²) in [5.74, 6) is 0.591. The zero-order valence-corrected chi connectivity index (χ0v) is 16.8. The quantitative estimate of drug-likeness (QED) is 0.447. The molecule has 2 aromatic carbocycles. The second-order valence-electron chi connectivity index (χ2n) is 7.80. The van der Waals surface area contributed by atoms with Gasteiger partial charge in [0.2, 0.25) is 5.65 Å². The minimum absolute atomic E-state index is 0.122. The van der Waals surface area contributed by atoms with Crippen LogP contribution in [0.1, 0.15) is 42.9 Å². The van der Waals surface area contributed by atoms with E-state index in [4.69, 9.17) is 5.73 Å². The monoisotopic (exact) mass is 386 g/mol. The van der Waals surface area contributed by atoms with Crippen molar-refractivity contribution in [1.29, 1.82) is 0 Å². The Hall–Kier alpha value is -3.25. The van der Waals surface area contributed by atoms with Crippen molar-refractivity contribution in [1.82, 2.24) is 25.7 Å². The van der Waals surface area contributed by atoms with Gasteiger partial charge in [-0.15, -0.1) is 5.10 Å². The van der Waals surface area contributed by atoms with E-state index in [1.54, 1.807) is 0 Å². The minimum atomic E-state index is -0.122. The average Bonchev–Trinajstić information content (AvgIpc) is 3.20. The van der Waals surface area contributed by atoms with Crippen LogP contribution in [0.3, 0.4) is 0 Å². The highest BCUT2D eigenvalue weighted by Crippen LogP contribution is 2.32. The van der Waals surface area contributed by atoms with Crippen LogP contribution in [-0.2, 0) is 5.54 Å². The van der Waals surface area contributed by atoms with Gasteiger partial charge in [0.15, 0.2) is 0 Å². The third-order valence-electron chi connectivity index (χ3n) is 5.41. The lowest BCUT2D eigenvalue weighted by Crippen LogP contribution is -2.37. The number of nitrogens with two attached hydrogens (primary N) is 1. The summed E-state index contributed by atoms with van der Waals surface area (Å²) in [6, 6.07) is 22.9. The molecule has 0 saturated heterocycles. The van der Waals surface area contributed by atoms with Crippen molar-refractivity contribution in [2.24, 2.45) is 0 Å². The Balaban J connectivity index is 1.61. The fourth-order valence-electron chi connectivity index (χ4n) is 3.82. The second-order valence-corrected chi connectivity index (χ2v) is 7.80. The minimum Gasteiger partial charge on any atom is -0.384 e. The number of aromatic amines is 1. The molecule has 4 aromatic rings. The molecule has 4 N–H and O–H groups in total. The molecule has 2 aromatic heterocycles. The molecule has 148 valence electrons. The number of rotatable bonds is 7. The lowest BCUT2D eigenvalue weighted by atomic mass is 9.87. The molecule has 29 heavy (non-hydrogen) atoms. The van der Waals surface area contributed by atoms with Crippen LogP contribution in [0.5, 0.6) is 0 Å². The summed E-state index contributed by atoms with van der Waals surface area (Å²) in [6.07, 6.45) is 0.895. The number of fused-ring (bicyclic) bond motifs is 1. The van der Waals surface area contributed by atoms with E-state index in [9.17, 15) is 0 Å². The van der Waals surface area contributed by atoms with Gasteiger partial charge in [-0.05, 0) is 49.6 Å². The summed E-state index contributed by atoms with van der Waals surface area (Å²) < 4.78 is 0. The summed E-state index contributed by atoms with van der Waals surface area (Å²) in [6.45, 7) is 5.25. The van der Waals surface area contributed by atoms with Crippen LogP contribution < -0.4 is 11.1 Å². The van der Waals surface area contributed by atoms with Crippen LogP contribution in [0.4, 0.5) is 5.82 Å². The number of hydrogen-bond donors (Lipinski definition) is 3. The molecule has 0 saturated carbocycles. The molecule has 0 aliphatic rings. The average molecular weight is 387 g/mol. The lowest BCUT2D eigenvalue weighted by molar-refractivity contribution is 0.395. The van der Waals surface area contributed by atoms with Crippen LogP contribution in [0, 0.1) is 0 Å². The zero-order chi connectivity index (χ0) is 20.3. The lowest BCUT2D eigenvalue weighted by Gasteiger charge is -2.28. The molecule has 0 spiro atoms. The molecule has 0 fully saturated rings. The van der Waals surface area contributed by atoms with E-state index >= 15 is 0 Å². The summed E-state index contributed by atoms with van der Waals surface area (Å²) in [5, 5.41) is 14.9. The molecular weight excluding hydrogens is 360 g/mol. The van der Waals surface area contributed by atoms with Crippen LogP contribution >= 0.6 is 0 Å². The molecule has 6 heteroatoms. The van der Waals surface area contributed by atoms with Gasteiger partial charge >= 0.3 is 0 Å². The fourth-order valence-corrected chi connectivity index (χ4v) is 3.82. The second kappa shape index (κ2) is 8.01. The molecule has 4 rings (SSSR count). The van der Waals surface area contributed by atoms with Gasteiger partial charge < -0.3 is 11.1 Å². The maximum atomic E-state index is 6.07. The SMILES string of the molecule is CC(C)(NCCC(c1ccccc1)c1cc(N)nc2n[nH]nc12)c1ccccc1. The van der Waals surface area contributed by atoms with Crippen LogP contribution in [-0.4, -0.2) is 26.9 Å². The standard InChI is InChI=1S/C23H26N6/c1-23(2,17-11-7-4-8-12-17)25-14-13-18(16-9-5-3-6-10-16)19-15-20(24)26-22-21(19)27-29-28-22/h3-12,15,18,25H,13-14H2,1-2H3,(H3,24,26,27,28,29). The van der Waals surface area contributed by atoms with Crippen molar-refractivity contribution < 1.29 is 0 Å². The van der Waals surface area contributed by atoms with Gasteiger partial charge in [-0.25, -0.2) is 4.98 Å². The van der Waals surface area contributed by atoms with E-state index in [0.717, 1.165) is 24.0 Å². The number of nitrogens with one attached hydrogen (secondary N) is 2. The number of nitrogens with zero attached hydrogens (tertiary/aromatic N) is 3. The maximum Gasteiger partial charge on any atom is 0.203 e. The highest BCUT2D eigenvalue weighted by Gasteiger charge is 2.23. The Morgan fingerprint density at radius 2 is 1.69 bits per heavy atom. The summed E-state index contributed by atoms with van der Waals surface area (Å²) in [7, 11) is 0. The Labute approximate surface area is 170 Å². The highest BCUT2D eigenvalue weighted by atomic mass is 15.3. The first-order chi connectivity index (χ1) is 14.0. The van der Waals surface area contributed by atoms with Crippen molar-refractivity contribution >= 4 is 17.0 Å². The van der Waals surface area contributed by atoms with Crippen molar-refractivity contribution in [2.45, 2.75) is 31.7 Å². The first-order valence-corrected chi connectivity index (χ1v) is 9.87. The van der Waals surface area contributed by atoms with E-state index < -0.39 is 0 Å². The summed E-state index contributed by atoms with van der Waals surface area (Å²) in [5.41, 5.74) is 10.8. The number of pyridine rings is 1. The van der Waals surface area contributed by atoms with Gasteiger partial charge in [0.05, 0.1) is 0 Å². The third kappa shape index (κ3) is 4.12. The molecule has 1 unspecified atom stereocenters. The molecule has 0 radical (unpaired) electrons. The predicted octanol–water partition coefficient (Wildman–Crippen LogP) is 3.98. The number of benzene rings is 2. The molecule has 6 nitrogen and oxygen atoms in total. The highest BCUT2D eigenvalue weighted by molar-refractivity contribution is 5.77. The predicted molar refractivity (Wildman–Crippen MR) is 116 cm³/mol. The number of hydrogen-bond acceptors (Lipinski definition) is 5. The van der Waals surface area contributed by atoms with Crippen LogP contribution in [0.2, 0.25) is 0 Å². The normalized spacial score (nSPS) is 12.9. The Kier molecular flexibility index (Phi) is 5.27. The molecule has 0 aliphatic heterocycles. The van der Waals surface area contributed by atoms with E-state index in [1.165, 1.54) is 11.1 Å². The third-order valence-corrected chi connectivity index (χ3v) is 5.41. The van der Waals surface area contributed by atoms with E-state index in [2.05, 4.69) is 88.1 Å². The molecule has 0 amide bonds. The van der Waals surface area contributed by atoms with Gasteiger partial charge in [-0.1, -0.05) is 60.7 Å². The number of aromatic nitrogens is 4. The van der Waals surface area contributed by atoms with Crippen molar-refractivity contribution in [3.8, 4) is 0 Å². The topological polar surface area (TPSA) is 92.5 Å². The Morgan fingerprint density at radius 3 is 2.41 bits per heavy atom. The molecule has 1 atom stereocenters. The first-order valence-electron chi connectivity index (χ1n) is 9.87. The van der Waals surface area contributed by atoms with Crippen LogP contribution in [0.15, 0.2) is 66.7 Å². The van der Waals surface area contributed by atoms with Gasteiger partial charge in [0.25, 0.3) is 0 Å². The Bertz CT molecular complexity index is 1070. The molecular formula is C23H26N6. The van der Waals surface area contributed by atoms with Gasteiger partial charge in [-0.3, -0.25) is 0 Å². The summed E-state index contributed by atoms with van der Waals surface area (Å²) in [4.78, 5) is 4.29. The van der Waals surface area contributed by atoms with Crippen molar-refractivity contribution in [3.63, 3.8) is 0 Å². The van der Waals surface area contributed by atoms with Crippen molar-refractivity contribution in [3.05, 3.63) is 83.4 Å². The van der Waals surface area contributed by atoms with E-state index in [-0.39, 0.29) is 11.5 Å². The molecule has 0 aliphatic carbocycles. The van der Waals surface area contributed by atoms with E-state index in [1.807, 2.05) is 18.2 Å². The number of H-pyrrole nitrogens is 1. The van der Waals surface area contributed by atoms with Crippen LogP contribution in [0.25, 0.3) is 11.2 Å². The molecule has 2 heterocycles. The largest absolute Gasteiger partial charge is 0.384 e. The smallest absolute Gasteiger partial charge is 0.203 e. The zero-order valence-electron chi connectivity index (χ0n) is 16.8. The fraction of sp³-hybridized carbons (Fsp3) is 0.261. The molecule has 0 bridgehead atoms. The van der Waals surface area contributed by atoms with Gasteiger partial charge in [0.1, 0.15) is 11.3 Å².